The summed E-state index contributed by atoms with van der Waals surface area (Å²) in [7, 11) is 0. The Balaban J connectivity index is 2.54. The van der Waals surface area contributed by atoms with Gasteiger partial charge in [0.15, 0.2) is 0 Å². The van der Waals surface area contributed by atoms with Gasteiger partial charge in [-0.25, -0.2) is 9.18 Å². The molecule has 0 radical (unpaired) electrons. The number of hydrogen-bond acceptors (Lipinski definition) is 4. The Morgan fingerprint density at radius 3 is 2.67 bits per heavy atom. The van der Waals surface area contributed by atoms with E-state index in [0.29, 0.717) is 10.6 Å². The summed E-state index contributed by atoms with van der Waals surface area (Å²) in [5.74, 6) is -0.848. The minimum Gasteiger partial charge on any atom is -0.463 e. The molecule has 0 amide bonds. The maximum atomic E-state index is 13.2. The molecule has 0 aliphatic heterocycles. The fourth-order valence-corrected chi connectivity index (χ4v) is 1.62. The SMILES string of the molecule is CCOC(=O)C(F)Sc1ccc(N)cc1. The lowest BCUT2D eigenvalue weighted by Crippen LogP contribution is -2.15. The van der Waals surface area contributed by atoms with Crippen LogP contribution in [0.5, 0.6) is 0 Å². The van der Waals surface area contributed by atoms with Gasteiger partial charge in [0.1, 0.15) is 0 Å². The second-order valence-electron chi connectivity index (χ2n) is 2.75. The van der Waals surface area contributed by atoms with Crippen molar-refractivity contribution in [3.05, 3.63) is 24.3 Å². The van der Waals surface area contributed by atoms with Crippen molar-refractivity contribution in [2.24, 2.45) is 0 Å². The molecule has 1 atom stereocenters. The number of benzene rings is 1. The Hall–Kier alpha value is -1.23. The Kier molecular flexibility index (Phi) is 4.42. The highest BCUT2D eigenvalue weighted by molar-refractivity contribution is 8.00. The molecule has 0 spiro atoms. The molecule has 5 heteroatoms. The minimum atomic E-state index is -1.69. The van der Waals surface area contributed by atoms with Crippen LogP contribution in [0.2, 0.25) is 0 Å². The molecule has 82 valence electrons. The Labute approximate surface area is 91.8 Å². The number of alkyl halides is 1. The van der Waals surface area contributed by atoms with Gasteiger partial charge >= 0.3 is 5.97 Å². The molecule has 1 rings (SSSR count). The van der Waals surface area contributed by atoms with Gasteiger partial charge in [0.25, 0.3) is 0 Å². The van der Waals surface area contributed by atoms with E-state index in [0.717, 1.165) is 11.8 Å². The van der Waals surface area contributed by atoms with Crippen LogP contribution in [0.3, 0.4) is 0 Å². The van der Waals surface area contributed by atoms with E-state index in [-0.39, 0.29) is 6.61 Å². The summed E-state index contributed by atoms with van der Waals surface area (Å²) in [6.07, 6.45) is 0. The number of halogens is 1. The van der Waals surface area contributed by atoms with E-state index in [4.69, 9.17) is 5.73 Å². The molecular weight excluding hydrogens is 217 g/mol. The maximum Gasteiger partial charge on any atom is 0.351 e. The van der Waals surface area contributed by atoms with Crippen molar-refractivity contribution in [2.75, 3.05) is 12.3 Å². The number of rotatable bonds is 4. The van der Waals surface area contributed by atoms with Crippen molar-refractivity contribution in [1.29, 1.82) is 0 Å². The largest absolute Gasteiger partial charge is 0.463 e. The summed E-state index contributed by atoms with van der Waals surface area (Å²) < 4.78 is 17.8. The number of carbonyl (C=O) groups excluding carboxylic acids is 1. The highest BCUT2D eigenvalue weighted by atomic mass is 32.2. The topological polar surface area (TPSA) is 52.3 Å². The predicted octanol–water partition coefficient (Wildman–Crippen LogP) is 2.22. The van der Waals surface area contributed by atoms with Crippen LogP contribution in [0.1, 0.15) is 6.92 Å². The van der Waals surface area contributed by atoms with Crippen LogP contribution in [0.25, 0.3) is 0 Å². The van der Waals surface area contributed by atoms with Gasteiger partial charge in [-0.2, -0.15) is 0 Å². The van der Waals surface area contributed by atoms with Crippen LogP contribution in [0, 0.1) is 0 Å². The van der Waals surface area contributed by atoms with Crippen LogP contribution >= 0.6 is 11.8 Å². The quantitative estimate of drug-likeness (QED) is 0.488. The highest BCUT2D eigenvalue weighted by Gasteiger charge is 2.19. The van der Waals surface area contributed by atoms with E-state index in [1.165, 1.54) is 0 Å². The van der Waals surface area contributed by atoms with E-state index in [1.54, 1.807) is 31.2 Å². The van der Waals surface area contributed by atoms with Crippen molar-refractivity contribution in [3.63, 3.8) is 0 Å². The molecule has 1 aromatic rings. The second-order valence-corrected chi connectivity index (χ2v) is 3.88. The number of hydrogen-bond donors (Lipinski definition) is 1. The normalized spacial score (nSPS) is 12.1. The van der Waals surface area contributed by atoms with Crippen molar-refractivity contribution in [3.8, 4) is 0 Å². The van der Waals surface area contributed by atoms with Crippen LogP contribution in [-0.4, -0.2) is 18.1 Å². The van der Waals surface area contributed by atoms with Gasteiger partial charge in [0.05, 0.1) is 6.61 Å². The Bertz CT molecular complexity index is 329. The van der Waals surface area contributed by atoms with Gasteiger partial charge in [-0.1, -0.05) is 11.8 Å². The molecule has 1 aromatic carbocycles. The third kappa shape index (κ3) is 3.79. The molecule has 0 fully saturated rings. The molecule has 0 saturated carbocycles. The zero-order chi connectivity index (χ0) is 11.3. The third-order valence-corrected chi connectivity index (χ3v) is 2.54. The molecule has 1 unspecified atom stereocenters. The molecule has 3 nitrogen and oxygen atoms in total. The molecule has 2 N–H and O–H groups in total. The zero-order valence-corrected chi connectivity index (χ0v) is 9.09. The summed E-state index contributed by atoms with van der Waals surface area (Å²) in [4.78, 5) is 11.6. The van der Waals surface area contributed by atoms with Gasteiger partial charge < -0.3 is 10.5 Å². The van der Waals surface area contributed by atoms with Crippen molar-refractivity contribution in [2.45, 2.75) is 17.3 Å². The number of esters is 1. The van der Waals surface area contributed by atoms with Gasteiger partial charge in [-0.3, -0.25) is 0 Å². The fourth-order valence-electron chi connectivity index (χ4n) is 0.922. The molecule has 0 aromatic heterocycles. The number of anilines is 1. The van der Waals surface area contributed by atoms with Crippen LogP contribution < -0.4 is 5.73 Å². The maximum absolute atomic E-state index is 13.2. The van der Waals surface area contributed by atoms with Crippen LogP contribution in [-0.2, 0) is 9.53 Å². The molecule has 0 bridgehead atoms. The van der Waals surface area contributed by atoms with E-state index in [2.05, 4.69) is 4.74 Å². The van der Waals surface area contributed by atoms with Crippen LogP contribution in [0.4, 0.5) is 10.1 Å². The second kappa shape index (κ2) is 5.60. The van der Waals surface area contributed by atoms with E-state index >= 15 is 0 Å². The van der Waals surface area contributed by atoms with E-state index < -0.39 is 11.5 Å². The number of nitrogen functional groups attached to an aromatic ring is 1. The first-order valence-corrected chi connectivity index (χ1v) is 5.34. The predicted molar refractivity (Wildman–Crippen MR) is 58.2 cm³/mol. The fraction of sp³-hybridized carbons (Fsp3) is 0.300. The number of nitrogens with two attached hydrogens (primary N) is 1. The first-order valence-electron chi connectivity index (χ1n) is 4.46. The average Bonchev–Trinajstić information content (AvgIpc) is 2.22. The first kappa shape index (κ1) is 11.8. The lowest BCUT2D eigenvalue weighted by Gasteiger charge is -2.06. The summed E-state index contributed by atoms with van der Waals surface area (Å²) in [6, 6.07) is 6.62. The average molecular weight is 229 g/mol. The lowest BCUT2D eigenvalue weighted by molar-refractivity contribution is -0.145. The number of ether oxygens (including phenoxy) is 1. The van der Waals surface area contributed by atoms with Crippen molar-refractivity contribution >= 4 is 23.4 Å². The van der Waals surface area contributed by atoms with Gasteiger partial charge in [0.2, 0.25) is 5.50 Å². The number of thioether (sulfide) groups is 1. The first-order chi connectivity index (χ1) is 7.13. The Morgan fingerprint density at radius 2 is 2.13 bits per heavy atom. The van der Waals surface area contributed by atoms with Crippen molar-refractivity contribution < 1.29 is 13.9 Å². The zero-order valence-electron chi connectivity index (χ0n) is 8.27. The number of carbonyl (C=O) groups is 1. The third-order valence-electron chi connectivity index (χ3n) is 1.59. The Morgan fingerprint density at radius 1 is 1.53 bits per heavy atom. The van der Waals surface area contributed by atoms with Crippen molar-refractivity contribution in [1.82, 2.24) is 0 Å². The molecular formula is C10H12FNO2S. The van der Waals surface area contributed by atoms with Gasteiger partial charge in [0, 0.05) is 10.6 Å². The standard InChI is InChI=1S/C10H12FNO2S/c1-2-14-10(13)9(11)15-8-5-3-7(12)4-6-8/h3-6,9H,2,12H2,1H3. The van der Waals surface area contributed by atoms with Gasteiger partial charge in [-0.15, -0.1) is 0 Å². The lowest BCUT2D eigenvalue weighted by atomic mass is 10.3. The minimum absolute atomic E-state index is 0.182. The molecule has 0 aliphatic rings. The summed E-state index contributed by atoms with van der Waals surface area (Å²) in [6.45, 7) is 1.82. The highest BCUT2D eigenvalue weighted by Crippen LogP contribution is 2.25. The molecule has 0 aliphatic carbocycles. The summed E-state index contributed by atoms with van der Waals surface area (Å²) >= 11 is 0.804. The summed E-state index contributed by atoms with van der Waals surface area (Å²) in [5.41, 5.74) is 4.39. The molecule has 15 heavy (non-hydrogen) atoms. The molecule has 0 saturated heterocycles. The smallest absolute Gasteiger partial charge is 0.351 e. The molecule has 0 heterocycles. The van der Waals surface area contributed by atoms with E-state index in [9.17, 15) is 9.18 Å². The monoisotopic (exact) mass is 229 g/mol. The summed E-state index contributed by atoms with van der Waals surface area (Å²) in [5, 5.41) is 0. The van der Waals surface area contributed by atoms with Crippen LogP contribution in [0.15, 0.2) is 29.2 Å². The van der Waals surface area contributed by atoms with Gasteiger partial charge in [-0.05, 0) is 31.2 Å². The van der Waals surface area contributed by atoms with E-state index in [1.807, 2.05) is 0 Å².